The molecule has 2 aromatic rings. The van der Waals surface area contributed by atoms with Gasteiger partial charge in [-0.05, 0) is 63.3 Å². The number of allylic oxidation sites excluding steroid dienone is 3. The molecular weight excluding hydrogens is 432 g/mol. The van der Waals surface area contributed by atoms with E-state index in [1.54, 1.807) is 6.08 Å². The molecule has 0 aromatic heterocycles. The van der Waals surface area contributed by atoms with Crippen LogP contribution in [-0.4, -0.2) is 41.3 Å². The molecule has 2 N–H and O–H groups in total. The third kappa shape index (κ3) is 7.63. The van der Waals surface area contributed by atoms with Crippen LogP contribution in [0.4, 0.5) is 5.69 Å². The minimum absolute atomic E-state index is 0.110. The molecule has 1 saturated heterocycles. The molecule has 0 radical (unpaired) electrons. The standard InChI is InChI=1S/C26H34N2O2.C3H6.C2H6/c1-3-20-17-24(29)25(21-9-7-8-19(2)16-21)26(30)23(20)18-27-12-14-28(15-13-27)22-10-5-4-6-11-22;1-3-2;1-2/h4-6,10-11,16-17,21,29-30H,3,7-9,12-15,18H2,1-2H3;3H,1H2,2H3;1-2H3. The second kappa shape index (κ2) is 14.6. The van der Waals surface area contributed by atoms with Crippen LogP contribution < -0.4 is 4.90 Å². The molecule has 1 unspecified atom stereocenters. The van der Waals surface area contributed by atoms with Gasteiger partial charge in [0.15, 0.2) is 0 Å². The zero-order valence-electron chi connectivity index (χ0n) is 22.6. The van der Waals surface area contributed by atoms with Crippen molar-refractivity contribution in [2.45, 2.75) is 72.8 Å². The number of phenolic OH excluding ortho intramolecular Hbond substituents is 2. The highest BCUT2D eigenvalue weighted by Crippen LogP contribution is 2.44. The van der Waals surface area contributed by atoms with Gasteiger partial charge in [0.1, 0.15) is 11.5 Å². The first-order valence-electron chi connectivity index (χ1n) is 13.3. The molecule has 4 nitrogen and oxygen atoms in total. The molecule has 1 aliphatic heterocycles. The fourth-order valence-electron chi connectivity index (χ4n) is 4.99. The summed E-state index contributed by atoms with van der Waals surface area (Å²) in [4.78, 5) is 4.85. The van der Waals surface area contributed by atoms with Crippen molar-refractivity contribution in [1.82, 2.24) is 4.90 Å². The highest BCUT2D eigenvalue weighted by Gasteiger charge is 2.26. The third-order valence-electron chi connectivity index (χ3n) is 6.71. The Morgan fingerprint density at radius 3 is 2.26 bits per heavy atom. The molecule has 1 atom stereocenters. The Morgan fingerprint density at radius 1 is 1.06 bits per heavy atom. The minimum Gasteiger partial charge on any atom is -0.507 e. The number of anilines is 1. The smallest absolute Gasteiger partial charge is 0.127 e. The van der Waals surface area contributed by atoms with Crippen LogP contribution in [0.15, 0.2) is 60.7 Å². The minimum atomic E-state index is 0.110. The van der Waals surface area contributed by atoms with Crippen molar-refractivity contribution in [3.05, 3.63) is 77.4 Å². The highest BCUT2D eigenvalue weighted by atomic mass is 16.3. The molecule has 1 aliphatic carbocycles. The van der Waals surface area contributed by atoms with E-state index in [1.807, 2.05) is 26.8 Å². The predicted octanol–water partition coefficient (Wildman–Crippen LogP) is 7.41. The highest BCUT2D eigenvalue weighted by molar-refractivity contribution is 5.56. The number of nitrogens with zero attached hydrogens (tertiary/aromatic N) is 2. The molecule has 0 amide bonds. The molecule has 35 heavy (non-hydrogen) atoms. The van der Waals surface area contributed by atoms with E-state index in [-0.39, 0.29) is 11.7 Å². The Hall–Kier alpha value is -2.72. The summed E-state index contributed by atoms with van der Waals surface area (Å²) in [5, 5.41) is 22.0. The van der Waals surface area contributed by atoms with Crippen molar-refractivity contribution in [2.75, 3.05) is 31.1 Å². The molecule has 2 aromatic carbocycles. The van der Waals surface area contributed by atoms with E-state index in [4.69, 9.17) is 0 Å². The van der Waals surface area contributed by atoms with E-state index in [9.17, 15) is 10.2 Å². The topological polar surface area (TPSA) is 46.9 Å². The van der Waals surface area contributed by atoms with Crippen molar-refractivity contribution in [3.63, 3.8) is 0 Å². The lowest BCUT2D eigenvalue weighted by Crippen LogP contribution is -2.46. The fourth-order valence-corrected chi connectivity index (χ4v) is 4.99. The van der Waals surface area contributed by atoms with Crippen molar-refractivity contribution >= 4 is 5.69 Å². The van der Waals surface area contributed by atoms with Crippen molar-refractivity contribution < 1.29 is 10.2 Å². The first-order chi connectivity index (χ1) is 17.0. The second-order valence-corrected chi connectivity index (χ2v) is 9.17. The number of piperazine rings is 1. The Morgan fingerprint density at radius 2 is 1.69 bits per heavy atom. The Labute approximate surface area is 213 Å². The van der Waals surface area contributed by atoms with E-state index in [1.165, 1.54) is 11.3 Å². The molecule has 1 heterocycles. The maximum atomic E-state index is 11.3. The number of hydrogen-bond donors (Lipinski definition) is 2. The summed E-state index contributed by atoms with van der Waals surface area (Å²) >= 11 is 0. The Bertz CT molecular complexity index is 944. The number of rotatable bonds is 5. The lowest BCUT2D eigenvalue weighted by molar-refractivity contribution is 0.245. The van der Waals surface area contributed by atoms with Crippen LogP contribution >= 0.6 is 0 Å². The van der Waals surface area contributed by atoms with Gasteiger partial charge < -0.3 is 15.1 Å². The number of benzene rings is 2. The van der Waals surface area contributed by atoms with E-state index in [0.29, 0.717) is 5.75 Å². The van der Waals surface area contributed by atoms with Crippen molar-refractivity contribution in [1.29, 1.82) is 0 Å². The maximum Gasteiger partial charge on any atom is 0.127 e. The zero-order chi connectivity index (χ0) is 25.8. The number of para-hydroxylation sites is 1. The van der Waals surface area contributed by atoms with Crippen LogP contribution in [-0.2, 0) is 13.0 Å². The zero-order valence-corrected chi connectivity index (χ0v) is 22.6. The summed E-state index contributed by atoms with van der Waals surface area (Å²) < 4.78 is 0. The summed E-state index contributed by atoms with van der Waals surface area (Å²) in [5.41, 5.74) is 5.40. The quantitative estimate of drug-likeness (QED) is 0.439. The molecule has 192 valence electrons. The predicted molar refractivity (Wildman–Crippen MR) is 151 cm³/mol. The SMILES string of the molecule is C=CC.CC.CCc1cc(O)c(C2C=C(C)CCC2)c(O)c1CN1CCN(c2ccccc2)CC1. The summed E-state index contributed by atoms with van der Waals surface area (Å²) in [6.07, 6.45) is 7.99. The van der Waals surface area contributed by atoms with E-state index < -0.39 is 0 Å². The van der Waals surface area contributed by atoms with Gasteiger partial charge in [0.2, 0.25) is 0 Å². The van der Waals surface area contributed by atoms with Gasteiger partial charge >= 0.3 is 0 Å². The molecule has 1 fully saturated rings. The van der Waals surface area contributed by atoms with E-state index in [2.05, 4.69) is 66.6 Å². The largest absolute Gasteiger partial charge is 0.507 e. The lowest BCUT2D eigenvalue weighted by Gasteiger charge is -2.36. The van der Waals surface area contributed by atoms with Crippen LogP contribution in [0.3, 0.4) is 0 Å². The summed E-state index contributed by atoms with van der Waals surface area (Å²) in [6, 6.07) is 12.5. The molecular formula is C31H46N2O2. The number of hydrogen-bond acceptors (Lipinski definition) is 4. The second-order valence-electron chi connectivity index (χ2n) is 9.17. The van der Waals surface area contributed by atoms with Gasteiger partial charge in [-0.1, -0.05) is 56.7 Å². The van der Waals surface area contributed by atoms with Crippen LogP contribution in [0.2, 0.25) is 0 Å². The molecule has 4 rings (SSSR count). The summed E-state index contributed by atoms with van der Waals surface area (Å²) in [5.74, 6) is 0.671. The molecule has 0 spiro atoms. The van der Waals surface area contributed by atoms with Gasteiger partial charge in [0, 0.05) is 55.5 Å². The molecule has 2 aliphatic rings. The third-order valence-corrected chi connectivity index (χ3v) is 6.71. The Balaban J connectivity index is 0.000000803. The van der Waals surface area contributed by atoms with Gasteiger partial charge in [0.05, 0.1) is 0 Å². The normalized spacial score (nSPS) is 17.9. The van der Waals surface area contributed by atoms with Crippen LogP contribution in [0.25, 0.3) is 0 Å². The summed E-state index contributed by atoms with van der Waals surface area (Å²) in [7, 11) is 0. The maximum absolute atomic E-state index is 11.3. The lowest BCUT2D eigenvalue weighted by atomic mass is 9.83. The average Bonchev–Trinajstić information content (AvgIpc) is 2.88. The summed E-state index contributed by atoms with van der Waals surface area (Å²) in [6.45, 7) is 18.1. The van der Waals surface area contributed by atoms with Gasteiger partial charge in [-0.15, -0.1) is 6.58 Å². The van der Waals surface area contributed by atoms with Gasteiger partial charge in [-0.2, -0.15) is 0 Å². The number of aryl methyl sites for hydroxylation is 1. The van der Waals surface area contributed by atoms with Gasteiger partial charge in [0.25, 0.3) is 0 Å². The van der Waals surface area contributed by atoms with Crippen LogP contribution in [0.1, 0.15) is 76.5 Å². The van der Waals surface area contributed by atoms with E-state index in [0.717, 1.165) is 75.1 Å². The molecule has 0 bridgehead atoms. The van der Waals surface area contributed by atoms with Crippen molar-refractivity contribution in [2.24, 2.45) is 0 Å². The molecule has 0 saturated carbocycles. The van der Waals surface area contributed by atoms with Gasteiger partial charge in [-0.3, -0.25) is 4.90 Å². The van der Waals surface area contributed by atoms with Crippen LogP contribution in [0.5, 0.6) is 11.5 Å². The average molecular weight is 479 g/mol. The first kappa shape index (κ1) is 28.5. The fraction of sp³-hybridized carbons (Fsp3) is 0.484. The van der Waals surface area contributed by atoms with Crippen molar-refractivity contribution in [3.8, 4) is 11.5 Å². The Kier molecular flexibility index (Phi) is 11.9. The monoisotopic (exact) mass is 478 g/mol. The number of aromatic hydroxyl groups is 2. The number of phenols is 2. The van der Waals surface area contributed by atoms with E-state index >= 15 is 0 Å². The van der Waals surface area contributed by atoms with Crippen LogP contribution in [0, 0.1) is 0 Å². The first-order valence-corrected chi connectivity index (χ1v) is 13.3. The molecule has 4 heteroatoms. The van der Waals surface area contributed by atoms with Gasteiger partial charge in [-0.25, -0.2) is 0 Å².